The van der Waals surface area contributed by atoms with E-state index in [1.807, 2.05) is 30.5 Å². The van der Waals surface area contributed by atoms with Gasteiger partial charge in [-0.3, -0.25) is 9.71 Å². The van der Waals surface area contributed by atoms with Gasteiger partial charge in [-0.05, 0) is 48.1 Å². The molecule has 0 spiro atoms. The van der Waals surface area contributed by atoms with Gasteiger partial charge in [0.25, 0.3) is 10.0 Å². The van der Waals surface area contributed by atoms with Gasteiger partial charge in [0.15, 0.2) is 0 Å². The molecule has 4 aromatic rings. The van der Waals surface area contributed by atoms with Crippen molar-refractivity contribution in [1.29, 1.82) is 0 Å². The fraction of sp³-hybridized carbons (Fsp3) is 0.190. The molecule has 0 aliphatic carbocycles. The molecule has 30 heavy (non-hydrogen) atoms. The average Bonchev–Trinajstić information content (AvgIpc) is 3.45. The number of pyridine rings is 1. The molecule has 1 N–H and O–H groups in total. The van der Waals surface area contributed by atoms with Crippen LogP contribution in [-0.4, -0.2) is 29.3 Å². The Bertz CT molecular complexity index is 1280. The number of benzene rings is 2. The third-order valence-electron chi connectivity index (χ3n) is 5.35. The van der Waals surface area contributed by atoms with E-state index in [-0.39, 0.29) is 16.1 Å². The normalized spacial score (nSPS) is 16.8. The SMILES string of the molecule is O=S(=O)(Nc1ncns1)c1ccc2c(N3CCC[C@@H]3c3cccnc3)cccc2c1. The zero-order chi connectivity index (χ0) is 20.6. The van der Waals surface area contributed by atoms with Gasteiger partial charge in [-0.1, -0.05) is 24.3 Å². The summed E-state index contributed by atoms with van der Waals surface area (Å²) in [4.78, 5) is 10.8. The van der Waals surface area contributed by atoms with Crippen molar-refractivity contribution in [2.45, 2.75) is 23.8 Å². The van der Waals surface area contributed by atoms with Gasteiger partial charge in [0.05, 0.1) is 10.9 Å². The molecule has 3 heterocycles. The molecule has 2 aromatic carbocycles. The molecule has 7 nitrogen and oxygen atoms in total. The van der Waals surface area contributed by atoms with E-state index in [1.165, 1.54) is 11.9 Å². The van der Waals surface area contributed by atoms with E-state index in [9.17, 15) is 8.42 Å². The van der Waals surface area contributed by atoms with Gasteiger partial charge in [-0.2, -0.15) is 4.37 Å². The average molecular weight is 438 g/mol. The number of sulfonamides is 1. The van der Waals surface area contributed by atoms with Crippen LogP contribution in [0.5, 0.6) is 0 Å². The summed E-state index contributed by atoms with van der Waals surface area (Å²) in [6, 6.07) is 15.6. The predicted molar refractivity (Wildman–Crippen MR) is 118 cm³/mol. The number of hydrogen-bond donors (Lipinski definition) is 1. The molecule has 2 aromatic heterocycles. The number of nitrogens with zero attached hydrogens (tertiary/aromatic N) is 4. The predicted octanol–water partition coefficient (Wildman–Crippen LogP) is 4.23. The lowest BCUT2D eigenvalue weighted by Crippen LogP contribution is -2.22. The van der Waals surface area contributed by atoms with Crippen LogP contribution in [0.3, 0.4) is 0 Å². The lowest BCUT2D eigenvalue weighted by atomic mass is 10.0. The third-order valence-corrected chi connectivity index (χ3v) is 7.40. The molecule has 152 valence electrons. The van der Waals surface area contributed by atoms with E-state index in [4.69, 9.17) is 0 Å². The van der Waals surface area contributed by atoms with Gasteiger partial charge in [-0.15, -0.1) is 0 Å². The van der Waals surface area contributed by atoms with Crippen LogP contribution in [0.2, 0.25) is 0 Å². The van der Waals surface area contributed by atoms with Crippen molar-refractivity contribution in [3.8, 4) is 0 Å². The molecule has 1 fully saturated rings. The molecular weight excluding hydrogens is 418 g/mol. The molecule has 5 rings (SSSR count). The Morgan fingerprint density at radius 3 is 2.87 bits per heavy atom. The van der Waals surface area contributed by atoms with Crippen LogP contribution in [0.15, 0.2) is 72.1 Å². The molecule has 0 unspecified atom stereocenters. The Kier molecular flexibility index (Phi) is 4.84. The van der Waals surface area contributed by atoms with Crippen LogP contribution in [0.4, 0.5) is 10.8 Å². The summed E-state index contributed by atoms with van der Waals surface area (Å²) in [5, 5.41) is 2.16. The summed E-state index contributed by atoms with van der Waals surface area (Å²) in [7, 11) is -3.72. The monoisotopic (exact) mass is 437 g/mol. The second-order valence-electron chi connectivity index (χ2n) is 7.15. The minimum atomic E-state index is -3.72. The Morgan fingerprint density at radius 1 is 1.13 bits per heavy atom. The molecule has 0 amide bonds. The van der Waals surface area contributed by atoms with Gasteiger partial charge in [0.2, 0.25) is 5.13 Å². The van der Waals surface area contributed by atoms with Gasteiger partial charge in [0.1, 0.15) is 6.33 Å². The molecule has 1 aliphatic rings. The van der Waals surface area contributed by atoms with Crippen molar-refractivity contribution in [1.82, 2.24) is 14.3 Å². The Hall–Kier alpha value is -3.04. The molecule has 0 radical (unpaired) electrons. The third kappa shape index (κ3) is 3.50. The molecule has 0 bridgehead atoms. The van der Waals surface area contributed by atoms with Crippen molar-refractivity contribution in [2.24, 2.45) is 0 Å². The van der Waals surface area contributed by atoms with Gasteiger partial charge in [0, 0.05) is 41.5 Å². The number of nitrogens with one attached hydrogen (secondary N) is 1. The topological polar surface area (TPSA) is 88.1 Å². The van der Waals surface area contributed by atoms with Crippen molar-refractivity contribution in [2.75, 3.05) is 16.2 Å². The second kappa shape index (κ2) is 7.66. The lowest BCUT2D eigenvalue weighted by molar-refractivity contribution is 0.601. The highest BCUT2D eigenvalue weighted by Crippen LogP contribution is 2.39. The molecule has 1 atom stereocenters. The van der Waals surface area contributed by atoms with Crippen LogP contribution in [0.1, 0.15) is 24.4 Å². The van der Waals surface area contributed by atoms with Crippen LogP contribution >= 0.6 is 11.5 Å². The number of rotatable bonds is 5. The number of anilines is 2. The first-order chi connectivity index (χ1) is 14.6. The summed E-state index contributed by atoms with van der Waals surface area (Å²) in [5.41, 5.74) is 2.31. The van der Waals surface area contributed by atoms with Crippen LogP contribution < -0.4 is 9.62 Å². The zero-order valence-electron chi connectivity index (χ0n) is 16.0. The second-order valence-corrected chi connectivity index (χ2v) is 9.61. The van der Waals surface area contributed by atoms with Crippen LogP contribution in [0, 0.1) is 0 Å². The van der Waals surface area contributed by atoms with Crippen LogP contribution in [0.25, 0.3) is 10.8 Å². The quantitative estimate of drug-likeness (QED) is 0.503. The fourth-order valence-corrected chi connectivity index (χ4v) is 5.73. The standard InChI is InChI=1S/C21H19N5O2S2/c27-30(28,25-21-23-14-24-29-21)17-8-9-18-15(12-17)4-1-6-20(18)26-11-3-7-19(26)16-5-2-10-22-13-16/h1-2,4-6,8-10,12-14,19H,3,7,11H2,(H,23,24,25)/t19-/m1/s1. The van der Waals surface area contributed by atoms with Crippen LogP contribution in [-0.2, 0) is 10.0 Å². The number of hydrogen-bond acceptors (Lipinski definition) is 7. The maximum absolute atomic E-state index is 12.7. The number of aromatic nitrogens is 3. The van der Waals surface area contributed by atoms with E-state index >= 15 is 0 Å². The zero-order valence-corrected chi connectivity index (χ0v) is 17.6. The Morgan fingerprint density at radius 2 is 2.07 bits per heavy atom. The molecule has 1 aliphatic heterocycles. The minimum absolute atomic E-state index is 0.201. The van der Waals surface area contributed by atoms with Crippen molar-refractivity contribution >= 4 is 43.1 Å². The smallest absolute Gasteiger partial charge is 0.263 e. The van der Waals surface area contributed by atoms with E-state index in [0.717, 1.165) is 47.4 Å². The van der Waals surface area contributed by atoms with Crippen molar-refractivity contribution in [3.05, 3.63) is 72.8 Å². The Labute approximate surface area is 178 Å². The van der Waals surface area contributed by atoms with Crippen molar-refractivity contribution < 1.29 is 8.42 Å². The summed E-state index contributed by atoms with van der Waals surface area (Å²) in [5.74, 6) is 0. The maximum atomic E-state index is 12.7. The van der Waals surface area contributed by atoms with E-state index < -0.39 is 10.0 Å². The lowest BCUT2D eigenvalue weighted by Gasteiger charge is -2.28. The first-order valence-electron chi connectivity index (χ1n) is 9.61. The highest BCUT2D eigenvalue weighted by molar-refractivity contribution is 7.93. The van der Waals surface area contributed by atoms with Gasteiger partial charge in [-0.25, -0.2) is 13.4 Å². The van der Waals surface area contributed by atoms with Crippen molar-refractivity contribution in [3.63, 3.8) is 0 Å². The van der Waals surface area contributed by atoms with E-state index in [0.29, 0.717) is 0 Å². The first kappa shape index (κ1) is 19.0. The largest absolute Gasteiger partial charge is 0.364 e. The summed E-state index contributed by atoms with van der Waals surface area (Å²) in [6.45, 7) is 0.956. The minimum Gasteiger partial charge on any atom is -0.364 e. The summed E-state index contributed by atoms with van der Waals surface area (Å²) in [6.07, 6.45) is 7.22. The Balaban J connectivity index is 1.52. The highest BCUT2D eigenvalue weighted by Gasteiger charge is 2.27. The maximum Gasteiger partial charge on any atom is 0.263 e. The summed E-state index contributed by atoms with van der Waals surface area (Å²) >= 11 is 1.00. The molecule has 9 heteroatoms. The molecule has 0 saturated carbocycles. The molecular formula is C21H19N5O2S2. The highest BCUT2D eigenvalue weighted by atomic mass is 32.2. The van der Waals surface area contributed by atoms with Gasteiger partial charge >= 0.3 is 0 Å². The van der Waals surface area contributed by atoms with E-state index in [1.54, 1.807) is 18.3 Å². The van der Waals surface area contributed by atoms with E-state index in [2.05, 4.69) is 36.1 Å². The van der Waals surface area contributed by atoms with Gasteiger partial charge < -0.3 is 4.90 Å². The first-order valence-corrected chi connectivity index (χ1v) is 11.9. The number of fused-ring (bicyclic) bond motifs is 1. The summed E-state index contributed by atoms with van der Waals surface area (Å²) < 4.78 is 31.8. The molecule has 1 saturated heterocycles. The fourth-order valence-electron chi connectivity index (χ4n) is 4.03.